The van der Waals surface area contributed by atoms with Gasteiger partial charge in [-0.3, -0.25) is 4.79 Å². The Morgan fingerprint density at radius 2 is 1.81 bits per heavy atom. The minimum atomic E-state index is -1.78. The average molecular weight is 238 g/mol. The molecule has 0 radical (unpaired) electrons. The maximum Gasteiger partial charge on any atom is 0.308 e. The SMILES string of the molecule is CCO[Si](C)(C)c1ccc(OC(C)=O)cc1. The number of benzene rings is 1. The van der Waals surface area contributed by atoms with Crippen LogP contribution in [0.25, 0.3) is 0 Å². The summed E-state index contributed by atoms with van der Waals surface area (Å²) in [5, 5.41) is 1.20. The van der Waals surface area contributed by atoms with E-state index in [0.29, 0.717) is 5.75 Å². The lowest BCUT2D eigenvalue weighted by Gasteiger charge is -2.22. The van der Waals surface area contributed by atoms with Crippen molar-refractivity contribution in [3.05, 3.63) is 24.3 Å². The first-order valence-electron chi connectivity index (χ1n) is 5.38. The zero-order valence-corrected chi connectivity index (χ0v) is 11.2. The van der Waals surface area contributed by atoms with Gasteiger partial charge in [-0.25, -0.2) is 0 Å². The molecule has 0 saturated heterocycles. The van der Waals surface area contributed by atoms with Crippen LogP contribution in [0.5, 0.6) is 5.75 Å². The molecular weight excluding hydrogens is 220 g/mol. The molecule has 0 spiro atoms. The highest BCUT2D eigenvalue weighted by Crippen LogP contribution is 2.11. The normalized spacial score (nSPS) is 11.2. The van der Waals surface area contributed by atoms with E-state index in [0.717, 1.165) is 6.61 Å². The van der Waals surface area contributed by atoms with Crippen LogP contribution in [0.15, 0.2) is 24.3 Å². The monoisotopic (exact) mass is 238 g/mol. The molecule has 88 valence electrons. The smallest absolute Gasteiger partial charge is 0.308 e. The summed E-state index contributed by atoms with van der Waals surface area (Å²) >= 11 is 0. The quantitative estimate of drug-likeness (QED) is 0.457. The molecule has 3 nitrogen and oxygen atoms in total. The second kappa shape index (κ2) is 5.27. The molecule has 0 aliphatic carbocycles. The van der Waals surface area contributed by atoms with Crippen molar-refractivity contribution in [3.8, 4) is 5.75 Å². The van der Waals surface area contributed by atoms with Gasteiger partial charge in [0.15, 0.2) is 0 Å². The first-order valence-corrected chi connectivity index (χ1v) is 8.29. The molecule has 16 heavy (non-hydrogen) atoms. The maximum atomic E-state index is 10.8. The van der Waals surface area contributed by atoms with Crippen molar-refractivity contribution in [1.82, 2.24) is 0 Å². The Labute approximate surface area is 97.5 Å². The first-order chi connectivity index (χ1) is 7.45. The highest BCUT2D eigenvalue weighted by atomic mass is 28.4. The summed E-state index contributed by atoms with van der Waals surface area (Å²) in [5.41, 5.74) is 0. The van der Waals surface area contributed by atoms with E-state index in [2.05, 4.69) is 13.1 Å². The van der Waals surface area contributed by atoms with Gasteiger partial charge in [0.05, 0.1) is 0 Å². The largest absolute Gasteiger partial charge is 0.427 e. The predicted molar refractivity (Wildman–Crippen MR) is 66.5 cm³/mol. The predicted octanol–water partition coefficient (Wildman–Crippen LogP) is 2.06. The minimum absolute atomic E-state index is 0.297. The van der Waals surface area contributed by atoms with Gasteiger partial charge in [0.2, 0.25) is 8.32 Å². The van der Waals surface area contributed by atoms with Crippen molar-refractivity contribution in [2.45, 2.75) is 26.9 Å². The molecular formula is C12H18O3Si. The average Bonchev–Trinajstić information content (AvgIpc) is 2.17. The number of esters is 1. The summed E-state index contributed by atoms with van der Waals surface area (Å²) in [6.07, 6.45) is 0. The van der Waals surface area contributed by atoms with Crippen molar-refractivity contribution in [2.75, 3.05) is 6.61 Å². The molecule has 0 amide bonds. The lowest BCUT2D eigenvalue weighted by Crippen LogP contribution is -2.44. The van der Waals surface area contributed by atoms with E-state index in [1.165, 1.54) is 12.1 Å². The van der Waals surface area contributed by atoms with Crippen molar-refractivity contribution in [3.63, 3.8) is 0 Å². The van der Waals surface area contributed by atoms with Crippen molar-refractivity contribution in [2.24, 2.45) is 0 Å². The second-order valence-corrected chi connectivity index (χ2v) is 7.95. The van der Waals surface area contributed by atoms with Gasteiger partial charge in [-0.05, 0) is 37.3 Å². The zero-order valence-electron chi connectivity index (χ0n) is 10.2. The van der Waals surface area contributed by atoms with E-state index in [1.807, 2.05) is 31.2 Å². The van der Waals surface area contributed by atoms with Gasteiger partial charge in [-0.1, -0.05) is 12.1 Å². The van der Waals surface area contributed by atoms with Crippen molar-refractivity contribution >= 4 is 19.5 Å². The molecule has 0 fully saturated rings. The Kier molecular flexibility index (Phi) is 4.26. The Balaban J connectivity index is 2.81. The Morgan fingerprint density at radius 1 is 1.25 bits per heavy atom. The van der Waals surface area contributed by atoms with Crippen LogP contribution < -0.4 is 9.92 Å². The number of rotatable bonds is 4. The molecule has 1 aromatic carbocycles. The van der Waals surface area contributed by atoms with E-state index in [-0.39, 0.29) is 5.97 Å². The molecule has 1 aromatic rings. The standard InChI is InChI=1S/C12H18O3Si/c1-5-14-16(3,4)12-8-6-11(7-9-12)15-10(2)13/h6-9H,5H2,1-4H3. The third kappa shape index (κ3) is 3.47. The van der Waals surface area contributed by atoms with E-state index >= 15 is 0 Å². The minimum Gasteiger partial charge on any atom is -0.427 e. The highest BCUT2D eigenvalue weighted by Gasteiger charge is 2.24. The third-order valence-electron chi connectivity index (χ3n) is 2.32. The van der Waals surface area contributed by atoms with E-state index in [4.69, 9.17) is 9.16 Å². The fourth-order valence-electron chi connectivity index (χ4n) is 1.53. The summed E-state index contributed by atoms with van der Waals surface area (Å²) in [5.74, 6) is 0.284. The molecule has 0 aromatic heterocycles. The van der Waals surface area contributed by atoms with Crippen molar-refractivity contribution < 1.29 is 14.0 Å². The van der Waals surface area contributed by atoms with Gasteiger partial charge in [0.25, 0.3) is 0 Å². The summed E-state index contributed by atoms with van der Waals surface area (Å²) < 4.78 is 10.7. The zero-order chi connectivity index (χ0) is 12.2. The molecule has 0 atom stereocenters. The molecule has 0 unspecified atom stereocenters. The fraction of sp³-hybridized carbons (Fsp3) is 0.417. The molecule has 0 aliphatic heterocycles. The summed E-state index contributed by atoms with van der Waals surface area (Å²) in [4.78, 5) is 10.8. The molecule has 0 bridgehead atoms. The van der Waals surface area contributed by atoms with E-state index in [9.17, 15) is 4.79 Å². The van der Waals surface area contributed by atoms with Gasteiger partial charge < -0.3 is 9.16 Å². The topological polar surface area (TPSA) is 35.5 Å². The van der Waals surface area contributed by atoms with Crippen LogP contribution >= 0.6 is 0 Å². The van der Waals surface area contributed by atoms with Crippen molar-refractivity contribution in [1.29, 1.82) is 0 Å². The number of ether oxygens (including phenoxy) is 1. The van der Waals surface area contributed by atoms with Crippen LogP contribution in [0.3, 0.4) is 0 Å². The van der Waals surface area contributed by atoms with Crippen LogP contribution in [-0.2, 0) is 9.22 Å². The van der Waals surface area contributed by atoms with Gasteiger partial charge in [-0.15, -0.1) is 0 Å². The van der Waals surface area contributed by atoms with Crippen LogP contribution in [-0.4, -0.2) is 20.9 Å². The maximum absolute atomic E-state index is 10.8. The Morgan fingerprint density at radius 3 is 2.25 bits per heavy atom. The number of carbonyl (C=O) groups excluding carboxylic acids is 1. The van der Waals surface area contributed by atoms with Crippen LogP contribution in [0.1, 0.15) is 13.8 Å². The second-order valence-electron chi connectivity index (χ2n) is 4.06. The molecule has 4 heteroatoms. The summed E-state index contributed by atoms with van der Waals surface area (Å²) in [6.45, 7) is 8.42. The van der Waals surface area contributed by atoms with Crippen LogP contribution in [0, 0.1) is 0 Å². The molecule has 0 saturated carbocycles. The van der Waals surface area contributed by atoms with Gasteiger partial charge in [-0.2, -0.15) is 0 Å². The van der Waals surface area contributed by atoms with E-state index in [1.54, 1.807) is 0 Å². The number of hydrogen-bond acceptors (Lipinski definition) is 3. The third-order valence-corrected chi connectivity index (χ3v) is 5.05. The van der Waals surface area contributed by atoms with Crippen LogP contribution in [0.4, 0.5) is 0 Å². The fourth-order valence-corrected chi connectivity index (χ4v) is 3.39. The van der Waals surface area contributed by atoms with Gasteiger partial charge >= 0.3 is 5.97 Å². The Hall–Kier alpha value is -1.13. The number of carbonyl (C=O) groups is 1. The summed E-state index contributed by atoms with van der Waals surface area (Å²) in [6, 6.07) is 7.56. The van der Waals surface area contributed by atoms with E-state index < -0.39 is 8.32 Å². The lowest BCUT2D eigenvalue weighted by atomic mass is 10.3. The van der Waals surface area contributed by atoms with Gasteiger partial charge in [0, 0.05) is 13.5 Å². The molecule has 0 aliphatic rings. The highest BCUT2D eigenvalue weighted by molar-refractivity contribution is 6.84. The molecule has 1 rings (SSSR count). The Bertz CT molecular complexity index is 357. The molecule has 0 heterocycles. The first kappa shape index (κ1) is 12.9. The molecule has 0 N–H and O–H groups in total. The number of hydrogen-bond donors (Lipinski definition) is 0. The lowest BCUT2D eigenvalue weighted by molar-refractivity contribution is -0.131. The summed E-state index contributed by atoms with van der Waals surface area (Å²) in [7, 11) is -1.78. The van der Waals surface area contributed by atoms with Crippen LogP contribution in [0.2, 0.25) is 13.1 Å². The van der Waals surface area contributed by atoms with Gasteiger partial charge in [0.1, 0.15) is 5.75 Å².